The van der Waals surface area contributed by atoms with Crippen molar-refractivity contribution < 1.29 is 19.7 Å². The predicted octanol–water partition coefficient (Wildman–Crippen LogP) is 2.48. The van der Waals surface area contributed by atoms with E-state index >= 15 is 0 Å². The van der Waals surface area contributed by atoms with Gasteiger partial charge >= 0.3 is 5.97 Å². The van der Waals surface area contributed by atoms with Crippen LogP contribution >= 0.6 is 11.8 Å². The van der Waals surface area contributed by atoms with Crippen molar-refractivity contribution in [2.45, 2.75) is 5.16 Å². The molecule has 0 unspecified atom stereocenters. The van der Waals surface area contributed by atoms with Gasteiger partial charge in [0.2, 0.25) is 5.16 Å². The van der Waals surface area contributed by atoms with Crippen LogP contribution in [0.3, 0.4) is 0 Å². The number of H-pyrrole nitrogens is 1. The lowest BCUT2D eigenvalue weighted by Crippen LogP contribution is -2.10. The lowest BCUT2D eigenvalue weighted by atomic mass is 10.2. The van der Waals surface area contributed by atoms with Crippen molar-refractivity contribution in [3.05, 3.63) is 60.1 Å². The highest BCUT2D eigenvalue weighted by Gasteiger charge is 2.23. The number of ether oxygens (including phenoxy) is 1. The van der Waals surface area contributed by atoms with E-state index in [4.69, 9.17) is 4.74 Å². The third-order valence-electron chi connectivity index (χ3n) is 4.18. The van der Waals surface area contributed by atoms with Crippen LogP contribution in [0.5, 0.6) is 5.75 Å². The van der Waals surface area contributed by atoms with Gasteiger partial charge in [-0.3, -0.25) is 0 Å². The summed E-state index contributed by atoms with van der Waals surface area (Å²) in [7, 11) is 1.23. The minimum atomic E-state index is -0.717. The topological polar surface area (TPSA) is 139 Å². The molecule has 0 aliphatic rings. The summed E-state index contributed by atoms with van der Waals surface area (Å²) in [6.07, 6.45) is 0. The van der Waals surface area contributed by atoms with Gasteiger partial charge in [-0.2, -0.15) is 4.68 Å². The number of hydrogen-bond acceptors (Lipinski definition) is 9. The first kappa shape index (κ1) is 19.5. The smallest absolute Gasteiger partial charge is 0.345 e. The number of nitrogens with zero attached hydrogens (tertiary/aromatic N) is 5. The summed E-state index contributed by atoms with van der Waals surface area (Å²) in [6, 6.07) is 13.6. The van der Waals surface area contributed by atoms with Crippen LogP contribution in [0, 0.1) is 0 Å². The van der Waals surface area contributed by atoms with E-state index < -0.39 is 5.97 Å². The van der Waals surface area contributed by atoms with Crippen LogP contribution in [0.15, 0.2) is 59.4 Å². The van der Waals surface area contributed by atoms with Crippen LogP contribution in [-0.4, -0.2) is 59.2 Å². The molecule has 0 fully saturated rings. The lowest BCUT2D eigenvalue weighted by molar-refractivity contribution is -0.133. The molecule has 11 heteroatoms. The first-order valence-corrected chi connectivity index (χ1v) is 9.71. The van der Waals surface area contributed by atoms with E-state index in [0.717, 1.165) is 17.3 Å². The predicted molar refractivity (Wildman–Crippen MR) is 109 cm³/mol. The number of rotatable bonds is 6. The largest absolute Gasteiger partial charge is 0.510 e. The number of methoxy groups -OCH3 is 1. The Hall–Kier alpha value is -3.86. The van der Waals surface area contributed by atoms with E-state index in [1.165, 1.54) is 23.9 Å². The maximum Gasteiger partial charge on any atom is 0.345 e. The summed E-state index contributed by atoms with van der Waals surface area (Å²) >= 11 is 1.13. The molecule has 2 aromatic heterocycles. The molecule has 2 aromatic carbocycles. The Kier molecular flexibility index (Phi) is 5.35. The number of imidazole rings is 1. The molecule has 152 valence electrons. The highest BCUT2D eigenvalue weighted by atomic mass is 32.2. The van der Waals surface area contributed by atoms with Crippen LogP contribution in [-0.2, 0) is 9.53 Å². The molecule has 0 saturated carbocycles. The number of phenolic OH excluding ortho intramolecular Hbond substituents is 1. The van der Waals surface area contributed by atoms with E-state index in [1.807, 2.05) is 18.2 Å². The summed E-state index contributed by atoms with van der Waals surface area (Å²) in [5, 5.41) is 32.0. The average molecular weight is 424 g/mol. The Morgan fingerprint density at radius 2 is 1.97 bits per heavy atom. The molecule has 0 aliphatic heterocycles. The molecule has 0 radical (unpaired) electrons. The molecule has 0 spiro atoms. The van der Waals surface area contributed by atoms with Crippen LogP contribution in [0.2, 0.25) is 0 Å². The zero-order valence-corrected chi connectivity index (χ0v) is 16.5. The summed E-state index contributed by atoms with van der Waals surface area (Å²) in [6.45, 7) is 0. The molecule has 0 aliphatic carbocycles. The molecule has 0 atom stereocenters. The van der Waals surface area contributed by atoms with Crippen molar-refractivity contribution in [3.63, 3.8) is 0 Å². The van der Waals surface area contributed by atoms with E-state index in [9.17, 15) is 15.0 Å². The number of aromatic hydroxyl groups is 1. The standard InChI is InChI=1S/C19H16N6O4S/c1-29-18(28)16(17-20-13-4-2-3-5-14(13)21-17)15(27)10-30-19-22-23-24-25(19)11-6-8-12(26)9-7-11/h2-9,26-27H,10H2,1H3,(H,20,21)/b16-15+. The van der Waals surface area contributed by atoms with Crippen molar-refractivity contribution in [3.8, 4) is 11.4 Å². The summed E-state index contributed by atoms with van der Waals surface area (Å²) < 4.78 is 6.28. The number of fused-ring (bicyclic) bond motifs is 1. The van der Waals surface area contributed by atoms with Gasteiger partial charge in [-0.05, 0) is 46.8 Å². The Bertz CT molecular complexity index is 1200. The van der Waals surface area contributed by atoms with Crippen molar-refractivity contribution in [1.29, 1.82) is 0 Å². The van der Waals surface area contributed by atoms with Gasteiger partial charge in [-0.15, -0.1) is 5.10 Å². The number of esters is 1. The monoisotopic (exact) mass is 424 g/mol. The summed E-state index contributed by atoms with van der Waals surface area (Å²) in [4.78, 5) is 19.7. The first-order chi connectivity index (χ1) is 14.6. The van der Waals surface area contributed by atoms with E-state index in [0.29, 0.717) is 16.4 Å². The van der Waals surface area contributed by atoms with E-state index in [-0.39, 0.29) is 28.7 Å². The van der Waals surface area contributed by atoms with Gasteiger partial charge in [0.1, 0.15) is 22.9 Å². The second-order valence-corrected chi connectivity index (χ2v) is 7.04. The summed E-state index contributed by atoms with van der Waals surface area (Å²) in [5.41, 5.74) is 1.95. The fourth-order valence-corrected chi connectivity index (χ4v) is 3.52. The number of benzene rings is 2. The number of aliphatic hydroxyl groups is 1. The third-order valence-corrected chi connectivity index (χ3v) is 5.11. The Morgan fingerprint density at radius 1 is 1.20 bits per heavy atom. The fourth-order valence-electron chi connectivity index (χ4n) is 2.75. The molecule has 4 aromatic rings. The molecular weight excluding hydrogens is 408 g/mol. The molecule has 10 nitrogen and oxygen atoms in total. The Balaban J connectivity index is 1.63. The van der Waals surface area contributed by atoms with Crippen molar-refractivity contribution >= 4 is 34.3 Å². The molecule has 0 bridgehead atoms. The van der Waals surface area contributed by atoms with Gasteiger partial charge < -0.3 is 19.9 Å². The highest BCUT2D eigenvalue weighted by Crippen LogP contribution is 2.26. The Morgan fingerprint density at radius 3 is 2.70 bits per heavy atom. The zero-order chi connectivity index (χ0) is 21.1. The van der Waals surface area contributed by atoms with Crippen LogP contribution in [0.4, 0.5) is 0 Å². The molecule has 3 N–H and O–H groups in total. The number of carbonyl (C=O) groups excluding carboxylic acids is 1. The van der Waals surface area contributed by atoms with Crippen molar-refractivity contribution in [1.82, 2.24) is 30.2 Å². The number of tetrazole rings is 1. The zero-order valence-electron chi connectivity index (χ0n) is 15.7. The second-order valence-electron chi connectivity index (χ2n) is 6.09. The molecule has 2 heterocycles. The van der Waals surface area contributed by atoms with Gasteiger partial charge in [0.05, 0.1) is 29.6 Å². The van der Waals surface area contributed by atoms with Gasteiger partial charge in [0, 0.05) is 0 Å². The number of aromatic amines is 1. The number of aliphatic hydroxyl groups excluding tert-OH is 1. The maximum atomic E-state index is 12.3. The van der Waals surface area contributed by atoms with Crippen LogP contribution in [0.25, 0.3) is 22.3 Å². The summed E-state index contributed by atoms with van der Waals surface area (Å²) in [5.74, 6) is -0.620. The fraction of sp³-hybridized carbons (Fsp3) is 0.105. The number of phenols is 1. The van der Waals surface area contributed by atoms with Gasteiger partial charge in [0.15, 0.2) is 0 Å². The number of nitrogens with one attached hydrogen (secondary N) is 1. The molecule has 30 heavy (non-hydrogen) atoms. The molecule has 0 amide bonds. The van der Waals surface area contributed by atoms with Gasteiger partial charge in [-0.1, -0.05) is 23.9 Å². The lowest BCUT2D eigenvalue weighted by Gasteiger charge is -2.07. The SMILES string of the molecule is COC(=O)/C(=C(/O)CSc1nnnn1-c1ccc(O)cc1)c1nc2ccccc2[nH]1. The maximum absolute atomic E-state index is 12.3. The Labute approximate surface area is 174 Å². The molecular formula is C19H16N6O4S. The molecule has 0 saturated heterocycles. The van der Waals surface area contributed by atoms with E-state index in [1.54, 1.807) is 18.2 Å². The third kappa shape index (κ3) is 3.82. The first-order valence-electron chi connectivity index (χ1n) is 8.73. The van der Waals surface area contributed by atoms with E-state index in [2.05, 4.69) is 25.5 Å². The highest BCUT2D eigenvalue weighted by molar-refractivity contribution is 7.99. The number of hydrogen-bond donors (Lipinski definition) is 3. The minimum Gasteiger partial charge on any atom is -0.510 e. The number of carbonyl (C=O) groups is 1. The minimum absolute atomic E-state index is 0.0000640. The van der Waals surface area contributed by atoms with Crippen molar-refractivity contribution in [2.75, 3.05) is 12.9 Å². The second kappa shape index (κ2) is 8.25. The number of thioether (sulfide) groups is 1. The number of aromatic nitrogens is 6. The van der Waals surface area contributed by atoms with Crippen molar-refractivity contribution in [2.24, 2.45) is 0 Å². The van der Waals surface area contributed by atoms with Gasteiger partial charge in [-0.25, -0.2) is 9.78 Å². The quantitative estimate of drug-likeness (QED) is 0.184. The molecule has 4 rings (SSSR count). The normalized spacial score (nSPS) is 12.0. The average Bonchev–Trinajstić information content (AvgIpc) is 3.39. The van der Waals surface area contributed by atoms with Crippen LogP contribution in [0.1, 0.15) is 5.82 Å². The number of para-hydroxylation sites is 2. The van der Waals surface area contributed by atoms with Gasteiger partial charge in [0.25, 0.3) is 0 Å². The van der Waals surface area contributed by atoms with Crippen LogP contribution < -0.4 is 0 Å².